The van der Waals surface area contributed by atoms with Crippen LogP contribution in [0, 0.1) is 0 Å². The molecule has 0 amide bonds. The van der Waals surface area contributed by atoms with Crippen LogP contribution in [0.25, 0.3) is 0 Å². The molecule has 103 valence electrons. The van der Waals surface area contributed by atoms with Crippen LogP contribution >= 0.6 is 0 Å². The van der Waals surface area contributed by atoms with Gasteiger partial charge in [-0.1, -0.05) is 32.6 Å². The molecular formula is C11H22KO5S. The Morgan fingerprint density at radius 2 is 1.78 bits per heavy atom. The molecule has 0 aromatic carbocycles. The van der Waals surface area contributed by atoms with E-state index in [-0.39, 0.29) is 58.0 Å². The maximum Gasteiger partial charge on any atom is 0.305 e. The maximum atomic E-state index is 11.2. The molecule has 0 heterocycles. The minimum atomic E-state index is -4.11. The molecule has 0 saturated carbocycles. The fourth-order valence-corrected chi connectivity index (χ4v) is 1.48. The van der Waals surface area contributed by atoms with Gasteiger partial charge in [0.15, 0.2) is 0 Å². The smallest absolute Gasteiger partial charge is 0.305 e. The average molecular weight is 305 g/mol. The summed E-state index contributed by atoms with van der Waals surface area (Å²) in [5, 5.41) is -1.06. The van der Waals surface area contributed by atoms with Gasteiger partial charge < -0.3 is 4.74 Å². The Morgan fingerprint density at radius 1 is 1.22 bits per heavy atom. The zero-order valence-electron chi connectivity index (χ0n) is 11.5. The molecule has 0 saturated heterocycles. The first-order valence-electron chi connectivity index (χ1n) is 5.99. The van der Waals surface area contributed by atoms with E-state index in [4.69, 9.17) is 9.29 Å². The molecule has 0 spiro atoms. The summed E-state index contributed by atoms with van der Waals surface area (Å²) in [6, 6.07) is 0. The second kappa shape index (κ2) is 11.8. The van der Waals surface area contributed by atoms with Gasteiger partial charge in [-0.05, 0) is 13.3 Å². The molecule has 7 heteroatoms. The topological polar surface area (TPSA) is 80.7 Å². The molecule has 0 aromatic heterocycles. The summed E-state index contributed by atoms with van der Waals surface area (Å²) < 4.78 is 34.7. The first-order chi connectivity index (χ1) is 7.88. The number of carbonyl (C=O) groups excluding carboxylic acids is 1. The number of hydrogen-bond donors (Lipinski definition) is 1. The van der Waals surface area contributed by atoms with Gasteiger partial charge in [-0.3, -0.25) is 9.35 Å². The third-order valence-corrected chi connectivity index (χ3v) is 3.62. The van der Waals surface area contributed by atoms with Crippen molar-refractivity contribution in [2.45, 2.75) is 57.6 Å². The van der Waals surface area contributed by atoms with Crippen LogP contribution in [-0.4, -0.2) is 82.2 Å². The molecule has 1 atom stereocenters. The molecule has 0 rings (SSSR count). The largest absolute Gasteiger partial charge is 0.464 e. The van der Waals surface area contributed by atoms with E-state index < -0.39 is 21.3 Å². The number of unbranched alkanes of at least 4 members (excludes halogenated alkanes) is 4. The molecule has 18 heavy (non-hydrogen) atoms. The minimum absolute atomic E-state index is 0. The Labute approximate surface area is 152 Å². The predicted octanol–water partition coefficient (Wildman–Crippen LogP) is 1.79. The van der Waals surface area contributed by atoms with Crippen LogP contribution < -0.4 is 0 Å². The van der Waals surface area contributed by atoms with Crippen LogP contribution in [0.5, 0.6) is 0 Å². The zero-order chi connectivity index (χ0) is 13.3. The van der Waals surface area contributed by atoms with Crippen LogP contribution in [0.15, 0.2) is 0 Å². The molecule has 0 aliphatic heterocycles. The molecule has 0 aliphatic carbocycles. The first-order valence-corrected chi connectivity index (χ1v) is 7.50. The predicted molar refractivity (Wildman–Crippen MR) is 71.1 cm³/mol. The summed E-state index contributed by atoms with van der Waals surface area (Å²) in [5.41, 5.74) is 0. The summed E-state index contributed by atoms with van der Waals surface area (Å²) in [6.45, 7) is 3.13. The van der Waals surface area contributed by atoms with Crippen molar-refractivity contribution in [3.63, 3.8) is 0 Å². The normalized spacial score (nSPS) is 12.6. The van der Waals surface area contributed by atoms with Gasteiger partial charge in [0.2, 0.25) is 0 Å². The Morgan fingerprint density at radius 3 is 2.28 bits per heavy atom. The van der Waals surface area contributed by atoms with Crippen molar-refractivity contribution in [1.82, 2.24) is 0 Å². The van der Waals surface area contributed by atoms with Gasteiger partial charge in [0.05, 0.1) is 0 Å². The van der Waals surface area contributed by atoms with E-state index in [1.807, 2.05) is 0 Å². The maximum absolute atomic E-state index is 11.2. The van der Waals surface area contributed by atoms with E-state index in [2.05, 4.69) is 6.92 Å². The van der Waals surface area contributed by atoms with Crippen LogP contribution in [-0.2, 0) is 19.6 Å². The molecule has 1 radical (unpaired) electrons. The summed E-state index contributed by atoms with van der Waals surface area (Å²) in [5.74, 6) is -0.406. The average Bonchev–Trinajstić information content (AvgIpc) is 2.24. The Balaban J connectivity index is 0. The van der Waals surface area contributed by atoms with Gasteiger partial charge in [0, 0.05) is 57.8 Å². The number of carbonyl (C=O) groups is 1. The molecule has 0 aliphatic rings. The zero-order valence-corrected chi connectivity index (χ0v) is 15.5. The molecular weight excluding hydrogens is 283 g/mol. The van der Waals surface area contributed by atoms with Crippen molar-refractivity contribution in [3.8, 4) is 0 Å². The van der Waals surface area contributed by atoms with E-state index >= 15 is 0 Å². The van der Waals surface area contributed by atoms with Crippen LogP contribution in [0.1, 0.15) is 52.4 Å². The summed E-state index contributed by atoms with van der Waals surface area (Å²) in [6.07, 6.45) is 5.47. The summed E-state index contributed by atoms with van der Waals surface area (Å²) >= 11 is 0. The standard InChI is InChI=1S/C11H22O5S.K/c1-3-4-5-6-7-8-11(12)16-9-10(2)17(13,14)15;/h10H,3-9H2,1-2H3,(H,13,14,15);. The molecule has 0 fully saturated rings. The van der Waals surface area contributed by atoms with Crippen LogP contribution in [0.3, 0.4) is 0 Å². The number of ether oxygens (including phenoxy) is 1. The third-order valence-electron chi connectivity index (χ3n) is 2.47. The monoisotopic (exact) mass is 305 g/mol. The van der Waals surface area contributed by atoms with Gasteiger partial charge in [0.1, 0.15) is 11.9 Å². The Kier molecular flexibility index (Phi) is 14.0. The van der Waals surface area contributed by atoms with Crippen molar-refractivity contribution in [3.05, 3.63) is 0 Å². The summed E-state index contributed by atoms with van der Waals surface area (Å²) in [7, 11) is -4.11. The van der Waals surface area contributed by atoms with Gasteiger partial charge >= 0.3 is 5.97 Å². The second-order valence-corrected chi connectivity index (χ2v) is 6.01. The van der Waals surface area contributed by atoms with Crippen LogP contribution in [0.2, 0.25) is 0 Å². The minimum Gasteiger partial charge on any atom is -0.464 e. The molecule has 5 nitrogen and oxygen atoms in total. The molecule has 1 N–H and O–H groups in total. The van der Waals surface area contributed by atoms with Gasteiger partial charge in [-0.2, -0.15) is 8.42 Å². The van der Waals surface area contributed by atoms with Crippen molar-refractivity contribution in [2.75, 3.05) is 6.61 Å². The Hall–Kier alpha value is 1.02. The van der Waals surface area contributed by atoms with E-state index in [1.165, 1.54) is 6.92 Å². The first kappa shape index (κ1) is 21.3. The second-order valence-electron chi connectivity index (χ2n) is 4.17. The van der Waals surface area contributed by atoms with Crippen molar-refractivity contribution in [1.29, 1.82) is 0 Å². The summed E-state index contributed by atoms with van der Waals surface area (Å²) in [4.78, 5) is 11.2. The molecule has 1 unspecified atom stereocenters. The van der Waals surface area contributed by atoms with E-state index in [0.29, 0.717) is 6.42 Å². The molecule has 0 aromatic rings. The quantitative estimate of drug-likeness (QED) is 0.304. The van der Waals surface area contributed by atoms with Crippen LogP contribution in [0.4, 0.5) is 0 Å². The van der Waals surface area contributed by atoms with E-state index in [1.54, 1.807) is 0 Å². The van der Waals surface area contributed by atoms with Crippen molar-refractivity contribution >= 4 is 67.5 Å². The number of hydrogen-bond acceptors (Lipinski definition) is 4. The van der Waals surface area contributed by atoms with E-state index in [9.17, 15) is 13.2 Å². The van der Waals surface area contributed by atoms with E-state index in [0.717, 1.165) is 32.1 Å². The van der Waals surface area contributed by atoms with Gasteiger partial charge in [-0.25, -0.2) is 0 Å². The Bertz CT molecular complexity index is 315. The molecule has 0 bridgehead atoms. The van der Waals surface area contributed by atoms with Crippen molar-refractivity contribution in [2.24, 2.45) is 0 Å². The fourth-order valence-electron chi connectivity index (χ4n) is 1.24. The SMILES string of the molecule is CCCCCCCC(=O)OCC(C)S(=O)(=O)O.[K]. The number of rotatable bonds is 9. The van der Waals surface area contributed by atoms with Gasteiger partial charge in [-0.15, -0.1) is 0 Å². The van der Waals surface area contributed by atoms with Gasteiger partial charge in [0.25, 0.3) is 10.1 Å². The van der Waals surface area contributed by atoms with Crippen molar-refractivity contribution < 1.29 is 22.5 Å². The number of esters is 1. The third kappa shape index (κ3) is 12.1. The fraction of sp³-hybridized carbons (Fsp3) is 0.909.